The minimum atomic E-state index is -1.43. The Morgan fingerprint density at radius 1 is 1.75 bits per heavy atom. The molecular weight excluding hydrogens is 102 g/mol. The first-order valence-electron chi connectivity index (χ1n) is 2.49. The average molecular weight is 113 g/mol. The molecule has 1 unspecified atom stereocenters. The molecular formula is C6H11NO. The molecule has 2 nitrogen and oxygen atoms in total. The summed E-state index contributed by atoms with van der Waals surface area (Å²) in [5.74, 6) is 1.98. The van der Waals surface area contributed by atoms with Crippen LogP contribution in [-0.4, -0.2) is 10.8 Å². The molecule has 0 aliphatic carbocycles. The molecule has 0 aromatic rings. The van der Waals surface area contributed by atoms with Gasteiger partial charge in [0.2, 0.25) is 0 Å². The smallest absolute Gasteiger partial charge is 0.179 e. The second kappa shape index (κ2) is 2.17. The monoisotopic (exact) mass is 113 g/mol. The van der Waals surface area contributed by atoms with Crippen LogP contribution in [0.2, 0.25) is 0 Å². The maximum absolute atomic E-state index is 8.94. The van der Waals surface area contributed by atoms with Crippen LogP contribution in [-0.2, 0) is 0 Å². The Hall–Kier alpha value is -0.520. The molecule has 0 aliphatic heterocycles. The molecule has 0 amide bonds. The first kappa shape index (κ1) is 7.48. The first-order valence-corrected chi connectivity index (χ1v) is 2.49. The minimum absolute atomic E-state index is 0.0903. The van der Waals surface area contributed by atoms with E-state index in [9.17, 15) is 0 Å². The second-order valence-corrected chi connectivity index (χ2v) is 2.12. The standard InChI is InChI=1S/C6H11NO/c1-4-6(7,8)5(2)3/h1,5,8H,7H2,2-3H3. The van der Waals surface area contributed by atoms with Gasteiger partial charge in [0.25, 0.3) is 0 Å². The molecule has 2 heteroatoms. The lowest BCUT2D eigenvalue weighted by Crippen LogP contribution is -2.43. The van der Waals surface area contributed by atoms with Crippen LogP contribution in [0.3, 0.4) is 0 Å². The maximum Gasteiger partial charge on any atom is 0.179 e. The van der Waals surface area contributed by atoms with Crippen molar-refractivity contribution in [3.05, 3.63) is 0 Å². The molecule has 1 atom stereocenters. The predicted molar refractivity (Wildman–Crippen MR) is 32.8 cm³/mol. The van der Waals surface area contributed by atoms with E-state index in [-0.39, 0.29) is 5.92 Å². The Labute approximate surface area is 49.7 Å². The highest BCUT2D eigenvalue weighted by atomic mass is 16.3. The lowest BCUT2D eigenvalue weighted by atomic mass is 10.0. The molecule has 0 saturated carbocycles. The summed E-state index contributed by atoms with van der Waals surface area (Å²) in [6.45, 7) is 3.53. The molecule has 0 aliphatic rings. The highest BCUT2D eigenvalue weighted by Gasteiger charge is 2.21. The molecule has 0 aromatic carbocycles. The number of nitrogens with two attached hydrogens (primary N) is 1. The van der Waals surface area contributed by atoms with Crippen LogP contribution >= 0.6 is 0 Å². The van der Waals surface area contributed by atoms with Crippen molar-refractivity contribution in [3.63, 3.8) is 0 Å². The summed E-state index contributed by atoms with van der Waals surface area (Å²) in [6.07, 6.45) is 4.88. The van der Waals surface area contributed by atoms with Gasteiger partial charge in [-0.1, -0.05) is 19.8 Å². The van der Waals surface area contributed by atoms with Crippen molar-refractivity contribution in [1.82, 2.24) is 0 Å². The fourth-order valence-electron chi connectivity index (χ4n) is 0.167. The number of terminal acetylenes is 1. The number of rotatable bonds is 1. The molecule has 0 aromatic heterocycles. The zero-order valence-electron chi connectivity index (χ0n) is 5.18. The van der Waals surface area contributed by atoms with Gasteiger partial charge in [-0.2, -0.15) is 0 Å². The summed E-state index contributed by atoms with van der Waals surface area (Å²) in [7, 11) is 0. The molecule has 0 radical (unpaired) electrons. The zero-order valence-corrected chi connectivity index (χ0v) is 5.18. The summed E-state index contributed by atoms with van der Waals surface area (Å²) in [6, 6.07) is 0. The van der Waals surface area contributed by atoms with E-state index in [1.807, 2.05) is 0 Å². The van der Waals surface area contributed by atoms with E-state index in [2.05, 4.69) is 5.92 Å². The van der Waals surface area contributed by atoms with E-state index in [0.717, 1.165) is 0 Å². The van der Waals surface area contributed by atoms with Gasteiger partial charge in [0.1, 0.15) is 0 Å². The Bertz CT molecular complexity index is 110. The molecule has 0 bridgehead atoms. The fraction of sp³-hybridized carbons (Fsp3) is 0.667. The topological polar surface area (TPSA) is 46.2 Å². The van der Waals surface area contributed by atoms with Crippen LogP contribution in [0.1, 0.15) is 13.8 Å². The van der Waals surface area contributed by atoms with E-state index in [1.165, 1.54) is 0 Å². The van der Waals surface area contributed by atoms with Crippen LogP contribution in [0.5, 0.6) is 0 Å². The molecule has 46 valence electrons. The summed E-state index contributed by atoms with van der Waals surface area (Å²) < 4.78 is 0. The lowest BCUT2D eigenvalue weighted by molar-refractivity contribution is 0.0602. The van der Waals surface area contributed by atoms with Crippen molar-refractivity contribution in [2.24, 2.45) is 11.7 Å². The zero-order chi connectivity index (χ0) is 6.78. The Balaban J connectivity index is 3.97. The Morgan fingerprint density at radius 3 is 2.12 bits per heavy atom. The van der Waals surface area contributed by atoms with Gasteiger partial charge in [-0.15, -0.1) is 6.42 Å². The third kappa shape index (κ3) is 1.53. The van der Waals surface area contributed by atoms with Gasteiger partial charge in [-0.3, -0.25) is 5.73 Å². The third-order valence-electron chi connectivity index (χ3n) is 1.11. The normalized spacial score (nSPS) is 17.5. The molecule has 0 heterocycles. The molecule has 3 N–H and O–H groups in total. The van der Waals surface area contributed by atoms with Crippen molar-refractivity contribution >= 4 is 0 Å². The summed E-state index contributed by atoms with van der Waals surface area (Å²) in [4.78, 5) is 0. The van der Waals surface area contributed by atoms with E-state index < -0.39 is 5.72 Å². The van der Waals surface area contributed by atoms with Gasteiger partial charge in [-0.25, -0.2) is 0 Å². The highest BCUT2D eigenvalue weighted by molar-refractivity contribution is 5.04. The van der Waals surface area contributed by atoms with Gasteiger partial charge in [0, 0.05) is 5.92 Å². The number of hydrogen-bond acceptors (Lipinski definition) is 2. The first-order chi connectivity index (χ1) is 3.50. The Kier molecular flexibility index (Phi) is 2.02. The van der Waals surface area contributed by atoms with Crippen LogP contribution in [0.15, 0.2) is 0 Å². The van der Waals surface area contributed by atoms with Gasteiger partial charge in [-0.05, 0) is 0 Å². The lowest BCUT2D eigenvalue weighted by Gasteiger charge is -2.19. The van der Waals surface area contributed by atoms with Crippen molar-refractivity contribution < 1.29 is 5.11 Å². The van der Waals surface area contributed by atoms with Crippen LogP contribution in [0.4, 0.5) is 0 Å². The summed E-state index contributed by atoms with van der Waals surface area (Å²) in [5, 5.41) is 8.94. The predicted octanol–water partition coefficient (Wildman–Crippen LogP) is -0.0771. The molecule has 0 spiro atoms. The van der Waals surface area contributed by atoms with E-state index >= 15 is 0 Å². The summed E-state index contributed by atoms with van der Waals surface area (Å²) >= 11 is 0. The van der Waals surface area contributed by atoms with E-state index in [0.29, 0.717) is 0 Å². The largest absolute Gasteiger partial charge is 0.365 e. The van der Waals surface area contributed by atoms with Crippen LogP contribution in [0.25, 0.3) is 0 Å². The van der Waals surface area contributed by atoms with E-state index in [4.69, 9.17) is 17.3 Å². The van der Waals surface area contributed by atoms with Gasteiger partial charge < -0.3 is 5.11 Å². The molecule has 0 fully saturated rings. The third-order valence-corrected chi connectivity index (χ3v) is 1.11. The van der Waals surface area contributed by atoms with Crippen molar-refractivity contribution in [2.45, 2.75) is 19.6 Å². The highest BCUT2D eigenvalue weighted by Crippen LogP contribution is 2.06. The second-order valence-electron chi connectivity index (χ2n) is 2.12. The van der Waals surface area contributed by atoms with Crippen molar-refractivity contribution in [1.29, 1.82) is 0 Å². The fourth-order valence-corrected chi connectivity index (χ4v) is 0.167. The van der Waals surface area contributed by atoms with Gasteiger partial charge in [0.05, 0.1) is 0 Å². The summed E-state index contributed by atoms with van der Waals surface area (Å²) in [5.41, 5.74) is 3.75. The Morgan fingerprint density at radius 2 is 2.12 bits per heavy atom. The van der Waals surface area contributed by atoms with Crippen LogP contribution in [0, 0.1) is 18.3 Å². The average Bonchev–Trinajstić information content (AvgIpc) is 1.67. The SMILES string of the molecule is C#CC(N)(O)C(C)C. The van der Waals surface area contributed by atoms with E-state index in [1.54, 1.807) is 13.8 Å². The van der Waals surface area contributed by atoms with Gasteiger partial charge >= 0.3 is 0 Å². The van der Waals surface area contributed by atoms with Crippen molar-refractivity contribution in [2.75, 3.05) is 0 Å². The molecule has 8 heavy (non-hydrogen) atoms. The maximum atomic E-state index is 8.94. The number of hydrogen-bond donors (Lipinski definition) is 2. The minimum Gasteiger partial charge on any atom is -0.365 e. The van der Waals surface area contributed by atoms with Crippen molar-refractivity contribution in [3.8, 4) is 12.3 Å². The number of aliphatic hydroxyl groups is 1. The quantitative estimate of drug-likeness (QED) is 0.369. The van der Waals surface area contributed by atoms with Gasteiger partial charge in [0.15, 0.2) is 5.72 Å². The van der Waals surface area contributed by atoms with Crippen LogP contribution < -0.4 is 5.73 Å². The molecule has 0 rings (SSSR count). The molecule has 0 saturated heterocycles.